The first-order valence-electron chi connectivity index (χ1n) is 30.3. The van der Waals surface area contributed by atoms with Crippen LogP contribution in [-0.2, 0) is 57.9 Å². The lowest BCUT2D eigenvalue weighted by molar-refractivity contribution is -0.189. The lowest BCUT2D eigenvalue weighted by atomic mass is 9.95. The van der Waals surface area contributed by atoms with Crippen molar-refractivity contribution in [1.29, 1.82) is 0 Å². The van der Waals surface area contributed by atoms with Crippen molar-refractivity contribution in [3.05, 3.63) is 244 Å². The number of halogens is 7. The number of aryl methyl sites for hydroxylation is 1. The Morgan fingerprint density at radius 3 is 1.06 bits per heavy atom. The van der Waals surface area contributed by atoms with Crippen LogP contribution in [0.5, 0.6) is 28.7 Å². The summed E-state index contributed by atoms with van der Waals surface area (Å²) >= 11 is 0. The average molecular weight is 1240 g/mol. The van der Waals surface area contributed by atoms with Crippen LogP contribution < -0.4 is 23.7 Å². The minimum Gasteiger partial charge on any atom is -0.489 e. The summed E-state index contributed by atoms with van der Waals surface area (Å²) in [5, 5.41) is 0. The maximum absolute atomic E-state index is 16.2. The number of unbranched alkanes of at least 4 members (excludes halogenated alkanes) is 2. The highest BCUT2D eigenvalue weighted by Crippen LogP contribution is 2.54. The van der Waals surface area contributed by atoms with E-state index in [1.807, 2.05) is 122 Å². The topological polar surface area (TPSA) is 83.1 Å². The maximum Gasteiger partial charge on any atom is 0.432 e. The van der Waals surface area contributed by atoms with E-state index in [2.05, 4.69) is 55.0 Å². The SMILES string of the molecule is CCCCOCc1ccccc1.CCCCOc1c(OCCCOCc2ccccc2)c(OCCCOCc2ccccc2)c(OCCCOCc2ccccc2)c(C)c1-c1cc(F)c(C(F)(F)Oc2cc(F)c(F)c(F)c2)c(F)c1.CCc1ccccc1. The van der Waals surface area contributed by atoms with Gasteiger partial charge in [0.2, 0.25) is 11.5 Å². The first-order valence-corrected chi connectivity index (χ1v) is 30.3. The Morgan fingerprint density at radius 2 is 0.685 bits per heavy atom. The summed E-state index contributed by atoms with van der Waals surface area (Å²) < 4.78 is 158. The minimum atomic E-state index is -4.82. The molecule has 0 fully saturated rings. The number of rotatable bonds is 35. The molecular formula is C73H81F7O9. The van der Waals surface area contributed by atoms with Crippen molar-refractivity contribution < 1.29 is 73.4 Å². The number of benzene rings is 8. The van der Waals surface area contributed by atoms with Crippen molar-refractivity contribution in [3.8, 4) is 39.9 Å². The van der Waals surface area contributed by atoms with Crippen molar-refractivity contribution >= 4 is 0 Å². The molecule has 476 valence electrons. The fourth-order valence-corrected chi connectivity index (χ4v) is 8.82. The summed E-state index contributed by atoms with van der Waals surface area (Å²) in [6, 6.07) is 51.2. The summed E-state index contributed by atoms with van der Waals surface area (Å²) in [6.07, 6.45) is 1.17. The second-order valence-electron chi connectivity index (χ2n) is 20.6. The molecule has 0 aliphatic carbocycles. The molecule has 0 aliphatic heterocycles. The average Bonchev–Trinajstić information content (AvgIpc) is 0.856. The van der Waals surface area contributed by atoms with Crippen molar-refractivity contribution in [3.63, 3.8) is 0 Å². The Hall–Kier alpha value is -7.89. The predicted molar refractivity (Wildman–Crippen MR) is 333 cm³/mol. The fraction of sp³-hybridized carbons (Fsp3) is 0.342. The zero-order valence-corrected chi connectivity index (χ0v) is 51.2. The number of alkyl halides is 2. The van der Waals surface area contributed by atoms with Gasteiger partial charge < -0.3 is 42.6 Å². The van der Waals surface area contributed by atoms with Gasteiger partial charge in [0.25, 0.3) is 0 Å². The van der Waals surface area contributed by atoms with Crippen LogP contribution in [0.15, 0.2) is 176 Å². The molecule has 0 spiro atoms. The van der Waals surface area contributed by atoms with E-state index in [-0.39, 0.29) is 78.2 Å². The smallest absolute Gasteiger partial charge is 0.432 e. The van der Waals surface area contributed by atoms with Crippen LogP contribution in [0.3, 0.4) is 0 Å². The van der Waals surface area contributed by atoms with Gasteiger partial charge in [-0.3, -0.25) is 0 Å². The zero-order chi connectivity index (χ0) is 63.5. The number of ether oxygens (including phenoxy) is 9. The van der Waals surface area contributed by atoms with Crippen LogP contribution in [0, 0.1) is 36.0 Å². The van der Waals surface area contributed by atoms with Crippen LogP contribution in [-0.4, -0.2) is 52.9 Å². The largest absolute Gasteiger partial charge is 0.489 e. The molecule has 0 saturated heterocycles. The third-order valence-electron chi connectivity index (χ3n) is 13.5. The summed E-state index contributed by atoms with van der Waals surface area (Å²) in [4.78, 5) is 0. The molecule has 8 aromatic rings. The lowest BCUT2D eigenvalue weighted by Crippen LogP contribution is -2.25. The van der Waals surface area contributed by atoms with Gasteiger partial charge in [-0.15, -0.1) is 0 Å². The Bertz CT molecular complexity index is 3210. The molecular weight excluding hydrogens is 1150 g/mol. The van der Waals surface area contributed by atoms with Crippen molar-refractivity contribution in [1.82, 2.24) is 0 Å². The van der Waals surface area contributed by atoms with E-state index in [0.29, 0.717) is 83.9 Å². The first-order chi connectivity index (χ1) is 43.3. The Balaban J connectivity index is 0.000000531. The molecule has 0 N–H and O–H groups in total. The second kappa shape index (κ2) is 39.2. The molecule has 9 nitrogen and oxygen atoms in total. The standard InChI is InChI=1S/C54H55F7O8.C11H16O.C8H10/c1-3-4-26-66-51-47(41-30-43(55)48(44(56)31-41)54(60,61)69-42-32-45(57)49(59)46(58)33-42)37(2)50(65-27-14-23-62-34-38-17-8-5-9-18-38)52(67-28-15-24-63-35-39-19-10-6-11-20-39)53(51)68-29-16-25-64-36-40-21-12-7-13-22-40;1-2-3-9-12-10-11-7-5-4-6-8-11;1-2-8-6-4-3-5-7-8/h5-13,17-22,30-33H,3-4,14-16,23-29,34-36H2,1-2H3;4-8H,2-3,9-10H2,1H3;3-7H,2H2,1H3. The summed E-state index contributed by atoms with van der Waals surface area (Å²) in [7, 11) is 0. The monoisotopic (exact) mass is 1230 g/mol. The molecule has 0 radical (unpaired) electrons. The predicted octanol–water partition coefficient (Wildman–Crippen LogP) is 18.9. The summed E-state index contributed by atoms with van der Waals surface area (Å²) in [6.45, 7) is 12.0. The Kier molecular flexibility index (Phi) is 30.9. The summed E-state index contributed by atoms with van der Waals surface area (Å²) in [5.74, 6) is -10.1. The molecule has 16 heteroatoms. The van der Waals surface area contributed by atoms with Gasteiger partial charge in [0, 0.05) is 49.1 Å². The third kappa shape index (κ3) is 23.9. The van der Waals surface area contributed by atoms with E-state index in [0.717, 1.165) is 42.7 Å². The highest BCUT2D eigenvalue weighted by molar-refractivity contribution is 5.83. The quantitative estimate of drug-likeness (QED) is 0.0219. The highest BCUT2D eigenvalue weighted by atomic mass is 19.3. The molecule has 8 rings (SSSR count). The molecule has 0 bridgehead atoms. The Labute approximate surface area is 519 Å². The van der Waals surface area contributed by atoms with Gasteiger partial charge in [-0.1, -0.05) is 185 Å². The molecule has 8 aromatic carbocycles. The summed E-state index contributed by atoms with van der Waals surface area (Å²) in [5.41, 5.74) is 3.84. The molecule has 89 heavy (non-hydrogen) atoms. The van der Waals surface area contributed by atoms with Crippen molar-refractivity contribution in [2.75, 3.05) is 52.9 Å². The van der Waals surface area contributed by atoms with E-state index >= 15 is 17.6 Å². The zero-order valence-electron chi connectivity index (χ0n) is 51.2. The first kappa shape index (κ1) is 70.2. The van der Waals surface area contributed by atoms with Gasteiger partial charge >= 0.3 is 6.11 Å². The van der Waals surface area contributed by atoms with Crippen LogP contribution in [0.25, 0.3) is 11.1 Å². The van der Waals surface area contributed by atoms with Gasteiger partial charge in [0.1, 0.15) is 22.9 Å². The third-order valence-corrected chi connectivity index (χ3v) is 13.5. The normalized spacial score (nSPS) is 11.0. The van der Waals surface area contributed by atoms with Crippen LogP contribution in [0.1, 0.15) is 105 Å². The van der Waals surface area contributed by atoms with Crippen molar-refractivity contribution in [2.45, 2.75) is 112 Å². The van der Waals surface area contributed by atoms with Crippen LogP contribution in [0.4, 0.5) is 30.7 Å². The van der Waals surface area contributed by atoms with Crippen molar-refractivity contribution in [2.24, 2.45) is 0 Å². The van der Waals surface area contributed by atoms with Crippen LogP contribution in [0.2, 0.25) is 0 Å². The van der Waals surface area contributed by atoms with Gasteiger partial charge in [-0.25, -0.2) is 22.0 Å². The second-order valence-corrected chi connectivity index (χ2v) is 20.6. The lowest BCUT2D eigenvalue weighted by Gasteiger charge is -2.26. The number of hydrogen-bond donors (Lipinski definition) is 0. The molecule has 0 atom stereocenters. The molecule has 0 aliphatic rings. The molecule has 0 aromatic heterocycles. The van der Waals surface area contributed by atoms with E-state index in [9.17, 15) is 13.2 Å². The van der Waals surface area contributed by atoms with Gasteiger partial charge in [-0.2, -0.15) is 8.78 Å². The van der Waals surface area contributed by atoms with Gasteiger partial charge in [0.05, 0.1) is 72.7 Å². The molecule has 0 saturated carbocycles. The molecule has 0 heterocycles. The fourth-order valence-electron chi connectivity index (χ4n) is 8.82. The van der Waals surface area contributed by atoms with Crippen LogP contribution >= 0.6 is 0 Å². The highest BCUT2D eigenvalue weighted by Gasteiger charge is 2.42. The Morgan fingerprint density at radius 1 is 0.360 bits per heavy atom. The molecule has 0 unspecified atom stereocenters. The number of hydrogen-bond acceptors (Lipinski definition) is 9. The van der Waals surface area contributed by atoms with E-state index < -0.39 is 46.5 Å². The van der Waals surface area contributed by atoms with E-state index in [4.69, 9.17) is 37.9 Å². The molecule has 0 amide bonds. The van der Waals surface area contributed by atoms with Gasteiger partial charge in [0.15, 0.2) is 29.0 Å². The van der Waals surface area contributed by atoms with E-state index in [1.165, 1.54) is 17.5 Å². The minimum absolute atomic E-state index is 0.00634. The van der Waals surface area contributed by atoms with Gasteiger partial charge in [-0.05, 0) is 71.7 Å². The van der Waals surface area contributed by atoms with E-state index in [1.54, 1.807) is 6.92 Å². The maximum atomic E-state index is 16.2.